The molecular formula is C12H19NO2S. The predicted molar refractivity (Wildman–Crippen MR) is 68.7 cm³/mol. The molecule has 3 nitrogen and oxygen atoms in total. The molecular weight excluding hydrogens is 223 g/mol. The molecule has 0 aliphatic carbocycles. The molecule has 1 aromatic carbocycles. The van der Waals surface area contributed by atoms with Crippen LogP contribution in [0.1, 0.15) is 12.5 Å². The summed E-state index contributed by atoms with van der Waals surface area (Å²) in [6.45, 7) is 1.98. The first-order valence-electron chi connectivity index (χ1n) is 5.16. The summed E-state index contributed by atoms with van der Waals surface area (Å²) in [6.07, 6.45) is 2.80. The number of benzene rings is 1. The minimum atomic E-state index is 0.110. The number of methoxy groups -OCH3 is 2. The third-order valence-corrected chi connectivity index (χ3v) is 3.09. The number of rotatable bonds is 5. The number of hydrogen-bond donors (Lipinski definition) is 1. The normalized spacial score (nSPS) is 12.3. The second-order valence-corrected chi connectivity index (χ2v) is 4.55. The van der Waals surface area contributed by atoms with Crippen LogP contribution in [-0.4, -0.2) is 26.5 Å². The highest BCUT2D eigenvalue weighted by atomic mass is 32.2. The first kappa shape index (κ1) is 13.2. The van der Waals surface area contributed by atoms with E-state index in [0.717, 1.165) is 28.4 Å². The van der Waals surface area contributed by atoms with E-state index in [0.29, 0.717) is 0 Å². The lowest BCUT2D eigenvalue weighted by Crippen LogP contribution is -2.18. The molecule has 0 aliphatic heterocycles. The lowest BCUT2D eigenvalue weighted by molar-refractivity contribution is 0.389. The summed E-state index contributed by atoms with van der Waals surface area (Å²) in [5, 5.41) is 0. The molecule has 0 amide bonds. The summed E-state index contributed by atoms with van der Waals surface area (Å²) in [6, 6.07) is 4.12. The first-order valence-corrected chi connectivity index (χ1v) is 6.39. The van der Waals surface area contributed by atoms with Gasteiger partial charge in [-0.25, -0.2) is 0 Å². The molecule has 0 heterocycles. The van der Waals surface area contributed by atoms with Gasteiger partial charge in [-0.15, -0.1) is 11.8 Å². The van der Waals surface area contributed by atoms with Crippen LogP contribution in [0.4, 0.5) is 0 Å². The zero-order valence-corrected chi connectivity index (χ0v) is 11.1. The Balaban J connectivity index is 3.15. The minimum Gasteiger partial charge on any atom is -0.496 e. The molecule has 0 spiro atoms. The van der Waals surface area contributed by atoms with Crippen LogP contribution in [0.5, 0.6) is 11.5 Å². The molecule has 0 saturated heterocycles. The molecule has 0 aliphatic rings. The Hall–Kier alpha value is -0.870. The molecule has 0 aromatic heterocycles. The standard InChI is InChI=1S/C12H19NO2S/c1-8(13)5-9-6-11(15-3)12(16-4)7-10(9)14-2/h6-8H,5,13H2,1-4H3/i6+1. The average Bonchev–Trinajstić information content (AvgIpc) is 2.27. The number of thioether (sulfide) groups is 1. The van der Waals surface area contributed by atoms with Gasteiger partial charge in [-0.1, -0.05) is 0 Å². The minimum absolute atomic E-state index is 0.110. The van der Waals surface area contributed by atoms with Crippen LogP contribution in [0, 0.1) is 0 Å². The van der Waals surface area contributed by atoms with Crippen LogP contribution in [0.25, 0.3) is 0 Å². The molecule has 0 saturated carbocycles. The fourth-order valence-corrected chi connectivity index (χ4v) is 2.17. The topological polar surface area (TPSA) is 44.5 Å². The Morgan fingerprint density at radius 3 is 2.31 bits per heavy atom. The average molecular weight is 242 g/mol. The fourth-order valence-electron chi connectivity index (χ4n) is 1.60. The molecule has 90 valence electrons. The molecule has 1 unspecified atom stereocenters. The van der Waals surface area contributed by atoms with Crippen LogP contribution < -0.4 is 15.2 Å². The Morgan fingerprint density at radius 2 is 1.88 bits per heavy atom. The molecule has 16 heavy (non-hydrogen) atoms. The Bertz CT molecular complexity index is 353. The highest BCUT2D eigenvalue weighted by molar-refractivity contribution is 7.98. The monoisotopic (exact) mass is 242 g/mol. The lowest BCUT2D eigenvalue weighted by atomic mass is 10.1. The van der Waals surface area contributed by atoms with Crippen LogP contribution in [-0.2, 0) is 6.42 Å². The van der Waals surface area contributed by atoms with Crippen molar-refractivity contribution in [3.05, 3.63) is 17.7 Å². The third-order valence-electron chi connectivity index (χ3n) is 2.33. The van der Waals surface area contributed by atoms with Gasteiger partial charge in [0.2, 0.25) is 0 Å². The van der Waals surface area contributed by atoms with Gasteiger partial charge in [0.1, 0.15) is 11.5 Å². The smallest absolute Gasteiger partial charge is 0.132 e. The van der Waals surface area contributed by atoms with Crippen molar-refractivity contribution in [1.29, 1.82) is 0 Å². The van der Waals surface area contributed by atoms with Gasteiger partial charge in [0.05, 0.1) is 19.1 Å². The molecule has 0 fully saturated rings. The molecule has 0 radical (unpaired) electrons. The molecule has 2 N–H and O–H groups in total. The molecule has 1 rings (SSSR count). The van der Waals surface area contributed by atoms with Crippen molar-refractivity contribution in [2.45, 2.75) is 24.3 Å². The van der Waals surface area contributed by atoms with Crippen molar-refractivity contribution >= 4 is 11.8 Å². The summed E-state index contributed by atoms with van der Waals surface area (Å²) in [7, 11) is 3.35. The second kappa shape index (κ2) is 6.01. The van der Waals surface area contributed by atoms with E-state index >= 15 is 0 Å². The maximum Gasteiger partial charge on any atom is 0.132 e. The fraction of sp³-hybridized carbons (Fsp3) is 0.500. The van der Waals surface area contributed by atoms with Gasteiger partial charge in [-0.05, 0) is 37.3 Å². The van der Waals surface area contributed by atoms with E-state index in [-0.39, 0.29) is 6.04 Å². The van der Waals surface area contributed by atoms with E-state index < -0.39 is 0 Å². The summed E-state index contributed by atoms with van der Waals surface area (Å²) >= 11 is 1.64. The Kier molecular flexibility index (Phi) is 4.96. The highest BCUT2D eigenvalue weighted by Crippen LogP contribution is 2.34. The molecule has 0 bridgehead atoms. The van der Waals surface area contributed by atoms with E-state index in [1.165, 1.54) is 0 Å². The number of ether oxygens (including phenoxy) is 2. The van der Waals surface area contributed by atoms with Crippen molar-refractivity contribution in [2.24, 2.45) is 5.73 Å². The van der Waals surface area contributed by atoms with Gasteiger partial charge < -0.3 is 15.2 Å². The number of nitrogens with two attached hydrogens (primary N) is 1. The van der Waals surface area contributed by atoms with Gasteiger partial charge in [-0.3, -0.25) is 0 Å². The summed E-state index contributed by atoms with van der Waals surface area (Å²) in [4.78, 5) is 1.08. The lowest BCUT2D eigenvalue weighted by Gasteiger charge is -2.15. The summed E-state index contributed by atoms with van der Waals surface area (Å²) in [5.41, 5.74) is 6.90. The quantitative estimate of drug-likeness (QED) is 0.805. The third kappa shape index (κ3) is 3.06. The van der Waals surface area contributed by atoms with Gasteiger partial charge in [-0.2, -0.15) is 0 Å². The van der Waals surface area contributed by atoms with Crippen LogP contribution in [0.3, 0.4) is 0 Å². The van der Waals surface area contributed by atoms with Crippen molar-refractivity contribution in [3.63, 3.8) is 0 Å². The van der Waals surface area contributed by atoms with Crippen molar-refractivity contribution < 1.29 is 9.47 Å². The van der Waals surface area contributed by atoms with Crippen molar-refractivity contribution in [2.75, 3.05) is 20.5 Å². The maximum absolute atomic E-state index is 5.81. The van der Waals surface area contributed by atoms with Crippen LogP contribution in [0.15, 0.2) is 17.0 Å². The first-order chi connectivity index (χ1) is 7.62. The predicted octanol–water partition coefficient (Wildman–Crippen LogP) is 2.32. The summed E-state index contributed by atoms with van der Waals surface area (Å²) in [5.74, 6) is 1.76. The van der Waals surface area contributed by atoms with E-state index in [4.69, 9.17) is 15.2 Å². The zero-order valence-electron chi connectivity index (χ0n) is 10.2. The molecule has 1 aromatic rings. The van der Waals surface area contributed by atoms with Gasteiger partial charge >= 0.3 is 0 Å². The van der Waals surface area contributed by atoms with Crippen molar-refractivity contribution in [3.8, 4) is 11.5 Å². The molecule has 4 heteroatoms. The van der Waals surface area contributed by atoms with Gasteiger partial charge in [0.15, 0.2) is 0 Å². The highest BCUT2D eigenvalue weighted by Gasteiger charge is 2.11. The van der Waals surface area contributed by atoms with E-state index in [2.05, 4.69) is 0 Å². The Labute approximate surface area is 101 Å². The molecule has 1 atom stereocenters. The SMILES string of the molecule is COc1cc(SC)c(OC)[13cH]c1CC(C)N. The second-order valence-electron chi connectivity index (χ2n) is 3.70. The van der Waals surface area contributed by atoms with E-state index in [9.17, 15) is 0 Å². The van der Waals surface area contributed by atoms with Crippen LogP contribution in [0.2, 0.25) is 0 Å². The van der Waals surface area contributed by atoms with Crippen LogP contribution >= 0.6 is 11.8 Å². The Morgan fingerprint density at radius 1 is 1.25 bits per heavy atom. The summed E-state index contributed by atoms with van der Waals surface area (Å²) < 4.78 is 10.7. The maximum atomic E-state index is 5.81. The number of hydrogen-bond acceptors (Lipinski definition) is 4. The van der Waals surface area contributed by atoms with E-state index in [1.54, 1.807) is 26.0 Å². The van der Waals surface area contributed by atoms with Crippen molar-refractivity contribution in [1.82, 2.24) is 0 Å². The zero-order chi connectivity index (χ0) is 12.1. The largest absolute Gasteiger partial charge is 0.496 e. The van der Waals surface area contributed by atoms with E-state index in [1.807, 2.05) is 25.3 Å². The van der Waals surface area contributed by atoms with Gasteiger partial charge in [0, 0.05) is 6.04 Å². The van der Waals surface area contributed by atoms with Gasteiger partial charge in [0.25, 0.3) is 0 Å².